The first-order valence-electron chi connectivity index (χ1n) is 6.70. The predicted octanol–water partition coefficient (Wildman–Crippen LogP) is 2.22. The molecule has 0 N–H and O–H groups in total. The Kier molecular flexibility index (Phi) is 5.18. The first-order valence-corrected chi connectivity index (χ1v) is 9.79. The highest BCUT2D eigenvalue weighted by molar-refractivity contribution is 7.97. The molecule has 0 radical (unpaired) electrons. The van der Waals surface area contributed by atoms with Crippen LogP contribution in [0.5, 0.6) is 0 Å². The van der Waals surface area contributed by atoms with Crippen molar-refractivity contribution in [2.45, 2.75) is 9.79 Å². The molecule has 0 atom stereocenters. The van der Waals surface area contributed by atoms with Crippen LogP contribution < -0.4 is 0 Å². The molecule has 26 heavy (non-hydrogen) atoms. The average Bonchev–Trinajstić information content (AvgIpc) is 2.60. The lowest BCUT2D eigenvalue weighted by Crippen LogP contribution is -2.01. The molecule has 136 valence electrons. The van der Waals surface area contributed by atoms with E-state index in [9.17, 15) is 37.1 Å². The molecule has 0 heterocycles. The molecule has 0 fully saturated rings. The molecule has 0 amide bonds. The van der Waals surface area contributed by atoms with Crippen molar-refractivity contribution in [1.29, 1.82) is 0 Å². The molecule has 0 bridgehead atoms. The van der Waals surface area contributed by atoms with E-state index in [1.807, 2.05) is 0 Å². The summed E-state index contributed by atoms with van der Waals surface area (Å²) in [7, 11) is -8.31. The number of nitro benzene ring substituents is 2. The van der Waals surface area contributed by atoms with Crippen LogP contribution in [0.1, 0.15) is 0 Å². The van der Waals surface area contributed by atoms with Gasteiger partial charge in [0.25, 0.3) is 11.4 Å². The summed E-state index contributed by atoms with van der Waals surface area (Å²) in [6.07, 6.45) is 0. The van der Waals surface area contributed by atoms with E-state index in [0.717, 1.165) is 48.5 Å². The van der Waals surface area contributed by atoms with Crippen molar-refractivity contribution >= 4 is 31.0 Å². The number of nitrogens with zero attached hydrogens (tertiary/aromatic N) is 2. The van der Waals surface area contributed by atoms with Crippen LogP contribution in [0.3, 0.4) is 0 Å². The van der Waals surface area contributed by atoms with Gasteiger partial charge >= 0.3 is 0 Å². The third-order valence-electron chi connectivity index (χ3n) is 3.17. The first kappa shape index (κ1) is 19.2. The topological polar surface area (TPSA) is 155 Å². The summed E-state index contributed by atoms with van der Waals surface area (Å²) >= 11 is 0. The molecule has 0 aromatic heterocycles. The van der Waals surface area contributed by atoms with E-state index in [1.165, 1.54) is 0 Å². The molecule has 2 rings (SSSR count). The Morgan fingerprint density at radius 1 is 0.615 bits per heavy atom. The van der Waals surface area contributed by atoms with Crippen LogP contribution >= 0.6 is 0 Å². The second kappa shape index (κ2) is 7.01. The van der Waals surface area contributed by atoms with Gasteiger partial charge in [0.05, 0.1) is 19.6 Å². The maximum absolute atomic E-state index is 12.1. The van der Waals surface area contributed by atoms with Crippen molar-refractivity contribution in [3.05, 3.63) is 79.6 Å². The molecular weight excluding hydrogens is 388 g/mol. The minimum atomic E-state index is -4.16. The molecule has 0 aliphatic heterocycles. The molecule has 0 aliphatic carbocycles. The minimum absolute atomic E-state index is 0.313. The van der Waals surface area contributed by atoms with Crippen LogP contribution in [0.25, 0.3) is 0 Å². The average molecular weight is 398 g/mol. The molecule has 2 aromatic carbocycles. The number of benzene rings is 2. The van der Waals surface area contributed by atoms with Crippen LogP contribution in [-0.4, -0.2) is 26.7 Å². The zero-order valence-electron chi connectivity index (χ0n) is 12.8. The van der Waals surface area contributed by atoms with Gasteiger partial charge in [0.15, 0.2) is 0 Å². The molecular formula is C14H10N2O8S2. The van der Waals surface area contributed by atoms with Gasteiger partial charge in [-0.1, -0.05) is 0 Å². The maximum atomic E-state index is 12.1. The van der Waals surface area contributed by atoms with Gasteiger partial charge in [0.1, 0.15) is 0 Å². The monoisotopic (exact) mass is 398 g/mol. The van der Waals surface area contributed by atoms with Gasteiger partial charge < -0.3 is 0 Å². The summed E-state index contributed by atoms with van der Waals surface area (Å²) in [4.78, 5) is 19.1. The van der Waals surface area contributed by atoms with Crippen LogP contribution in [0, 0.1) is 20.2 Å². The number of non-ortho nitro benzene ring substituents is 2. The van der Waals surface area contributed by atoms with Gasteiger partial charge in [0.2, 0.25) is 19.7 Å². The second-order valence-corrected chi connectivity index (χ2v) is 8.53. The van der Waals surface area contributed by atoms with Crippen LogP contribution in [-0.2, 0) is 19.7 Å². The third-order valence-corrected chi connectivity index (χ3v) is 6.19. The maximum Gasteiger partial charge on any atom is 0.269 e. The summed E-state index contributed by atoms with van der Waals surface area (Å²) in [5.74, 6) is 0. The Bertz CT molecular complexity index is 997. The SMILES string of the molecule is O=[N+]([O-])c1ccc(S(=O)(=O)C=CS(=O)(=O)c2ccc([N+](=O)[O-])cc2)cc1. The fourth-order valence-electron chi connectivity index (χ4n) is 1.82. The van der Waals surface area contributed by atoms with E-state index in [4.69, 9.17) is 0 Å². The third kappa shape index (κ3) is 4.29. The number of sulfone groups is 2. The van der Waals surface area contributed by atoms with Crippen molar-refractivity contribution in [3.63, 3.8) is 0 Å². The van der Waals surface area contributed by atoms with E-state index in [2.05, 4.69) is 0 Å². The highest BCUT2D eigenvalue weighted by Gasteiger charge is 2.17. The van der Waals surface area contributed by atoms with Crippen molar-refractivity contribution in [2.75, 3.05) is 0 Å². The van der Waals surface area contributed by atoms with Crippen molar-refractivity contribution in [3.8, 4) is 0 Å². The Morgan fingerprint density at radius 2 is 0.885 bits per heavy atom. The molecule has 12 heteroatoms. The smallest absolute Gasteiger partial charge is 0.258 e. The molecule has 0 unspecified atom stereocenters. The molecule has 0 spiro atoms. The molecule has 0 saturated heterocycles. The number of nitro groups is 2. The highest BCUT2D eigenvalue weighted by atomic mass is 32.2. The Labute approximate surface area is 147 Å². The minimum Gasteiger partial charge on any atom is -0.258 e. The zero-order valence-corrected chi connectivity index (χ0v) is 14.4. The number of hydrogen-bond acceptors (Lipinski definition) is 8. The summed E-state index contributed by atoms with van der Waals surface area (Å²) in [6, 6.07) is 7.84. The van der Waals surface area contributed by atoms with Gasteiger partial charge in [-0.15, -0.1) is 0 Å². The summed E-state index contributed by atoms with van der Waals surface area (Å²) in [5, 5.41) is 22.0. The van der Waals surface area contributed by atoms with Crippen LogP contribution in [0.15, 0.2) is 69.1 Å². The van der Waals surface area contributed by atoms with E-state index >= 15 is 0 Å². The van der Waals surface area contributed by atoms with Gasteiger partial charge in [0, 0.05) is 35.1 Å². The summed E-state index contributed by atoms with van der Waals surface area (Å²) < 4.78 is 48.5. The van der Waals surface area contributed by atoms with Crippen LogP contribution in [0.2, 0.25) is 0 Å². The van der Waals surface area contributed by atoms with Gasteiger partial charge in [-0.2, -0.15) is 0 Å². The standard InChI is InChI=1S/C14H10N2O8S2/c17-15(18)11-1-5-13(6-2-11)25(21,22)9-10-26(23,24)14-7-3-12(4-8-14)16(19)20/h1-10H. The Morgan fingerprint density at radius 3 is 1.12 bits per heavy atom. The first-order chi connectivity index (χ1) is 12.0. The van der Waals surface area contributed by atoms with Crippen molar-refractivity contribution in [1.82, 2.24) is 0 Å². The lowest BCUT2D eigenvalue weighted by atomic mass is 10.3. The van der Waals surface area contributed by atoms with Crippen molar-refractivity contribution < 1.29 is 26.7 Å². The number of rotatable bonds is 6. The summed E-state index contributed by atoms with van der Waals surface area (Å²) in [6.45, 7) is 0. The normalized spacial score (nSPS) is 12.2. The fourth-order valence-corrected chi connectivity index (χ4v) is 4.33. The molecule has 2 aromatic rings. The molecule has 0 saturated carbocycles. The van der Waals surface area contributed by atoms with Gasteiger partial charge in [-0.25, -0.2) is 16.8 Å². The molecule has 0 aliphatic rings. The van der Waals surface area contributed by atoms with Crippen molar-refractivity contribution in [2.24, 2.45) is 0 Å². The number of hydrogen-bond donors (Lipinski definition) is 0. The van der Waals surface area contributed by atoms with E-state index in [-0.39, 0.29) is 21.2 Å². The van der Waals surface area contributed by atoms with E-state index in [0.29, 0.717) is 10.8 Å². The Balaban J connectivity index is 2.30. The summed E-state index contributed by atoms with van der Waals surface area (Å²) in [5.41, 5.74) is -0.627. The molecule has 10 nitrogen and oxygen atoms in total. The van der Waals surface area contributed by atoms with E-state index < -0.39 is 29.5 Å². The van der Waals surface area contributed by atoms with Gasteiger partial charge in [-0.3, -0.25) is 20.2 Å². The fraction of sp³-hybridized carbons (Fsp3) is 0. The highest BCUT2D eigenvalue weighted by Crippen LogP contribution is 2.21. The van der Waals surface area contributed by atoms with E-state index in [1.54, 1.807) is 0 Å². The predicted molar refractivity (Wildman–Crippen MR) is 89.7 cm³/mol. The lowest BCUT2D eigenvalue weighted by Gasteiger charge is -2.01. The second-order valence-electron chi connectivity index (χ2n) is 4.86. The van der Waals surface area contributed by atoms with Crippen LogP contribution in [0.4, 0.5) is 11.4 Å². The van der Waals surface area contributed by atoms with Gasteiger partial charge in [-0.05, 0) is 24.3 Å². The quantitative estimate of drug-likeness (QED) is 0.530. The largest absolute Gasteiger partial charge is 0.269 e. The Hall–Kier alpha value is -3.12. The zero-order chi connectivity index (χ0) is 19.5. The lowest BCUT2D eigenvalue weighted by molar-refractivity contribution is -0.385.